The predicted molar refractivity (Wildman–Crippen MR) is 101 cm³/mol. The van der Waals surface area contributed by atoms with Crippen molar-refractivity contribution < 1.29 is 14.3 Å². The Bertz CT molecular complexity index is 912. The Kier molecular flexibility index (Phi) is 5.46. The Hall–Kier alpha value is -2.24. The van der Waals surface area contributed by atoms with Crippen LogP contribution in [0.5, 0.6) is 5.75 Å². The summed E-state index contributed by atoms with van der Waals surface area (Å²) in [5.41, 5.74) is 2.15. The molecule has 0 aliphatic carbocycles. The molecule has 3 aromatic rings. The molecule has 0 aliphatic rings. The predicted octanol–water partition coefficient (Wildman–Crippen LogP) is 4.98. The van der Waals surface area contributed by atoms with Crippen LogP contribution in [0.3, 0.4) is 0 Å². The van der Waals surface area contributed by atoms with E-state index in [-0.39, 0.29) is 5.97 Å². The van der Waals surface area contributed by atoms with E-state index >= 15 is 0 Å². The van der Waals surface area contributed by atoms with Crippen LogP contribution >= 0.6 is 23.4 Å². The van der Waals surface area contributed by atoms with Gasteiger partial charge in [-0.1, -0.05) is 17.7 Å². The fourth-order valence-corrected chi connectivity index (χ4v) is 3.00. The lowest BCUT2D eigenvalue weighted by molar-refractivity contribution is 0.0600. The molecule has 4 nitrogen and oxygen atoms in total. The zero-order chi connectivity index (χ0) is 17.8. The molecule has 1 heterocycles. The number of carbonyl (C=O) groups is 1. The van der Waals surface area contributed by atoms with Crippen molar-refractivity contribution in [3.8, 4) is 5.75 Å². The van der Waals surface area contributed by atoms with Gasteiger partial charge in [-0.15, -0.1) is 11.8 Å². The molecule has 0 saturated heterocycles. The summed E-state index contributed by atoms with van der Waals surface area (Å²) in [6, 6.07) is 14.8. The van der Waals surface area contributed by atoms with E-state index in [1.54, 1.807) is 36.0 Å². The molecule has 0 radical (unpaired) electrons. The van der Waals surface area contributed by atoms with Crippen LogP contribution in [0.2, 0.25) is 5.15 Å². The van der Waals surface area contributed by atoms with Gasteiger partial charge in [-0.05, 0) is 48.7 Å². The highest BCUT2D eigenvalue weighted by atomic mass is 35.5. The first-order valence-corrected chi connectivity index (χ1v) is 9.15. The summed E-state index contributed by atoms with van der Waals surface area (Å²) < 4.78 is 10.4. The minimum atomic E-state index is -0.377. The van der Waals surface area contributed by atoms with Gasteiger partial charge in [-0.25, -0.2) is 9.78 Å². The van der Waals surface area contributed by atoms with Gasteiger partial charge in [0.05, 0.1) is 18.2 Å². The zero-order valence-electron chi connectivity index (χ0n) is 13.8. The van der Waals surface area contributed by atoms with E-state index in [2.05, 4.69) is 15.8 Å². The van der Waals surface area contributed by atoms with Crippen molar-refractivity contribution in [2.45, 2.75) is 11.5 Å². The maximum Gasteiger partial charge on any atom is 0.337 e. The number of fused-ring (bicyclic) bond motifs is 1. The number of pyridine rings is 1. The summed E-state index contributed by atoms with van der Waals surface area (Å²) >= 11 is 7.96. The molecule has 25 heavy (non-hydrogen) atoms. The van der Waals surface area contributed by atoms with E-state index < -0.39 is 0 Å². The normalized spacial score (nSPS) is 10.7. The van der Waals surface area contributed by atoms with E-state index in [0.29, 0.717) is 23.1 Å². The Morgan fingerprint density at radius 2 is 1.92 bits per heavy atom. The molecule has 0 N–H and O–H groups in total. The van der Waals surface area contributed by atoms with Crippen molar-refractivity contribution in [3.63, 3.8) is 0 Å². The van der Waals surface area contributed by atoms with Crippen LogP contribution in [0, 0.1) is 0 Å². The van der Waals surface area contributed by atoms with Gasteiger partial charge in [0.2, 0.25) is 0 Å². The minimum Gasteiger partial charge on any atom is -0.489 e. The molecule has 2 aromatic carbocycles. The first kappa shape index (κ1) is 17.6. The topological polar surface area (TPSA) is 48.4 Å². The molecule has 0 bridgehead atoms. The van der Waals surface area contributed by atoms with Crippen LogP contribution in [0.15, 0.2) is 53.4 Å². The monoisotopic (exact) mass is 373 g/mol. The number of aromatic nitrogens is 1. The highest BCUT2D eigenvalue weighted by Gasteiger charge is 2.08. The number of carbonyl (C=O) groups excluding carboxylic acids is 1. The molecular weight excluding hydrogens is 358 g/mol. The molecule has 0 aliphatic heterocycles. The lowest BCUT2D eigenvalue weighted by Crippen LogP contribution is -2.01. The summed E-state index contributed by atoms with van der Waals surface area (Å²) in [6.45, 7) is 0.295. The number of nitrogens with zero attached hydrogens (tertiary/aromatic N) is 1. The molecule has 128 valence electrons. The van der Waals surface area contributed by atoms with Crippen LogP contribution in [0.25, 0.3) is 10.9 Å². The number of benzene rings is 2. The number of hydrogen-bond acceptors (Lipinski definition) is 5. The molecule has 0 spiro atoms. The van der Waals surface area contributed by atoms with Crippen LogP contribution < -0.4 is 4.74 Å². The summed E-state index contributed by atoms with van der Waals surface area (Å²) in [5, 5.41) is 1.44. The molecule has 6 heteroatoms. The molecule has 3 rings (SSSR count). The second kappa shape index (κ2) is 7.76. The quantitative estimate of drug-likeness (QED) is 0.359. The Morgan fingerprint density at radius 1 is 1.16 bits per heavy atom. The molecule has 0 saturated carbocycles. The molecule has 0 fully saturated rings. The van der Waals surface area contributed by atoms with Gasteiger partial charge in [0, 0.05) is 15.8 Å². The highest BCUT2D eigenvalue weighted by molar-refractivity contribution is 7.98. The van der Waals surface area contributed by atoms with Crippen molar-refractivity contribution >= 4 is 40.2 Å². The van der Waals surface area contributed by atoms with Crippen molar-refractivity contribution in [2.75, 3.05) is 13.4 Å². The Balaban J connectivity index is 1.76. The summed E-state index contributed by atoms with van der Waals surface area (Å²) in [4.78, 5) is 17.0. The van der Waals surface area contributed by atoms with Gasteiger partial charge >= 0.3 is 5.97 Å². The number of ether oxygens (including phenoxy) is 2. The fraction of sp³-hybridized carbons (Fsp3) is 0.158. The van der Waals surface area contributed by atoms with E-state index in [0.717, 1.165) is 21.4 Å². The Morgan fingerprint density at radius 3 is 2.60 bits per heavy atom. The fourth-order valence-electron chi connectivity index (χ4n) is 2.36. The second-order valence-corrected chi connectivity index (χ2v) is 6.54. The smallest absolute Gasteiger partial charge is 0.337 e. The minimum absolute atomic E-state index is 0.295. The average Bonchev–Trinajstić information content (AvgIpc) is 2.65. The van der Waals surface area contributed by atoms with Crippen LogP contribution in [0.1, 0.15) is 15.9 Å². The van der Waals surface area contributed by atoms with Crippen LogP contribution in [-0.2, 0) is 11.3 Å². The highest BCUT2D eigenvalue weighted by Crippen LogP contribution is 2.26. The van der Waals surface area contributed by atoms with Gasteiger partial charge in [0.25, 0.3) is 0 Å². The van der Waals surface area contributed by atoms with Crippen molar-refractivity contribution in [1.29, 1.82) is 0 Å². The third-order valence-electron chi connectivity index (χ3n) is 3.72. The second-order valence-electron chi connectivity index (χ2n) is 5.30. The lowest BCUT2D eigenvalue weighted by Gasteiger charge is -2.10. The van der Waals surface area contributed by atoms with Crippen molar-refractivity contribution in [1.82, 2.24) is 4.98 Å². The third kappa shape index (κ3) is 4.06. The van der Waals surface area contributed by atoms with Crippen molar-refractivity contribution in [2.24, 2.45) is 0 Å². The maximum atomic E-state index is 11.4. The molecule has 0 amide bonds. The lowest BCUT2D eigenvalue weighted by atomic mass is 10.1. The van der Waals surface area contributed by atoms with Crippen LogP contribution in [-0.4, -0.2) is 24.3 Å². The molecule has 0 unspecified atom stereocenters. The standard InChI is InChI=1S/C19H16ClNO3S/c1-23-19(22)12-3-6-15(7-4-12)24-11-14-9-13-5-8-16(25-2)10-17(13)21-18(14)20/h3-10H,11H2,1-2H3. The average molecular weight is 374 g/mol. The number of thioether (sulfide) groups is 1. The number of methoxy groups -OCH3 is 1. The first-order valence-electron chi connectivity index (χ1n) is 7.55. The van der Waals surface area contributed by atoms with Crippen molar-refractivity contribution in [3.05, 3.63) is 64.8 Å². The number of rotatable bonds is 5. The molecule has 0 atom stereocenters. The molecular formula is C19H16ClNO3S. The van der Waals surface area contributed by atoms with Gasteiger partial charge in [0.15, 0.2) is 0 Å². The third-order valence-corrected chi connectivity index (χ3v) is 4.77. The summed E-state index contributed by atoms with van der Waals surface area (Å²) in [6.07, 6.45) is 2.02. The zero-order valence-corrected chi connectivity index (χ0v) is 15.4. The van der Waals surface area contributed by atoms with Gasteiger partial charge < -0.3 is 9.47 Å². The maximum absolute atomic E-state index is 11.4. The Labute approximate surface area is 155 Å². The van der Waals surface area contributed by atoms with E-state index in [9.17, 15) is 4.79 Å². The largest absolute Gasteiger partial charge is 0.489 e. The number of hydrogen-bond donors (Lipinski definition) is 0. The van der Waals surface area contributed by atoms with Crippen LogP contribution in [0.4, 0.5) is 0 Å². The summed E-state index contributed by atoms with van der Waals surface area (Å²) in [7, 11) is 1.35. The first-order chi connectivity index (χ1) is 12.1. The number of esters is 1. The SMILES string of the molecule is COC(=O)c1ccc(OCc2cc3ccc(SC)cc3nc2Cl)cc1. The van der Waals surface area contributed by atoms with E-state index in [1.807, 2.05) is 24.5 Å². The van der Waals surface area contributed by atoms with Gasteiger partial charge in [-0.3, -0.25) is 0 Å². The van der Waals surface area contributed by atoms with Gasteiger partial charge in [-0.2, -0.15) is 0 Å². The molecule has 1 aromatic heterocycles. The van der Waals surface area contributed by atoms with Gasteiger partial charge in [0.1, 0.15) is 17.5 Å². The van der Waals surface area contributed by atoms with E-state index in [4.69, 9.17) is 16.3 Å². The van der Waals surface area contributed by atoms with E-state index in [1.165, 1.54) is 7.11 Å². The summed E-state index contributed by atoms with van der Waals surface area (Å²) in [5.74, 6) is 0.263. The number of halogens is 1.